The highest BCUT2D eigenvalue weighted by atomic mass is 16.4. The molecule has 2 saturated heterocycles. The Hall–Kier alpha value is -1.96. The Morgan fingerprint density at radius 3 is 2.64 bits per heavy atom. The molecule has 0 spiro atoms. The number of carbonyl (C=O) groups is 2. The van der Waals surface area contributed by atoms with E-state index < -0.39 is 11.4 Å². The zero-order valence-electron chi connectivity index (χ0n) is 14.6. The molecule has 1 amide bonds. The van der Waals surface area contributed by atoms with Crippen molar-refractivity contribution in [2.45, 2.75) is 32.7 Å². The highest BCUT2D eigenvalue weighted by Gasteiger charge is 2.58. The molecule has 3 heterocycles. The molecule has 25 heavy (non-hydrogen) atoms. The third kappa shape index (κ3) is 2.72. The number of amides is 1. The van der Waals surface area contributed by atoms with Gasteiger partial charge >= 0.3 is 5.97 Å². The number of hydrogen-bond donors (Lipinski definition) is 1. The Labute approximate surface area is 146 Å². The second-order valence-corrected chi connectivity index (χ2v) is 7.81. The highest BCUT2D eigenvalue weighted by molar-refractivity contribution is 5.83. The molecule has 4 rings (SSSR count). The summed E-state index contributed by atoms with van der Waals surface area (Å²) in [7, 11) is 0. The number of hydrogen-bond acceptors (Lipinski definition) is 5. The van der Waals surface area contributed by atoms with Crippen LogP contribution in [-0.4, -0.2) is 74.3 Å². The minimum Gasteiger partial charge on any atom is -0.481 e. The second-order valence-electron chi connectivity index (χ2n) is 7.81. The molecule has 0 unspecified atom stereocenters. The SMILES string of the molecule is Cc1nncn1CCN1C[C@H]2CN(C(=O)C3CCC3)C[C@@]2(C(=O)O)C1. The lowest BCUT2D eigenvalue weighted by Crippen LogP contribution is -2.44. The van der Waals surface area contributed by atoms with Crippen LogP contribution in [-0.2, 0) is 16.1 Å². The molecule has 3 fully saturated rings. The maximum Gasteiger partial charge on any atom is 0.313 e. The van der Waals surface area contributed by atoms with E-state index in [1.165, 1.54) is 0 Å². The summed E-state index contributed by atoms with van der Waals surface area (Å²) in [6, 6.07) is 0. The van der Waals surface area contributed by atoms with Crippen molar-refractivity contribution in [2.75, 3.05) is 32.7 Å². The number of aliphatic carboxylic acids is 1. The van der Waals surface area contributed by atoms with Gasteiger partial charge in [-0.1, -0.05) is 6.42 Å². The smallest absolute Gasteiger partial charge is 0.313 e. The molecule has 1 saturated carbocycles. The average molecular weight is 347 g/mol. The minimum absolute atomic E-state index is 0.0241. The number of aryl methyl sites for hydroxylation is 1. The summed E-state index contributed by atoms with van der Waals surface area (Å²) in [5.74, 6) is 0.440. The number of rotatable bonds is 5. The Kier molecular flexibility index (Phi) is 4.02. The Bertz CT molecular complexity index is 686. The number of aromatic nitrogens is 3. The van der Waals surface area contributed by atoms with E-state index in [9.17, 15) is 14.7 Å². The summed E-state index contributed by atoms with van der Waals surface area (Å²) in [6.07, 6.45) is 4.75. The molecule has 136 valence electrons. The molecule has 2 aliphatic heterocycles. The Balaban J connectivity index is 1.41. The number of carbonyl (C=O) groups excluding carboxylic acids is 1. The van der Waals surface area contributed by atoms with E-state index in [1.807, 2.05) is 16.4 Å². The van der Waals surface area contributed by atoms with E-state index in [2.05, 4.69) is 15.1 Å². The van der Waals surface area contributed by atoms with E-state index in [-0.39, 0.29) is 17.7 Å². The normalized spacial score (nSPS) is 29.6. The summed E-state index contributed by atoms with van der Waals surface area (Å²) >= 11 is 0. The molecule has 3 aliphatic rings. The fourth-order valence-electron chi connectivity index (χ4n) is 4.50. The molecule has 1 aliphatic carbocycles. The van der Waals surface area contributed by atoms with E-state index in [0.717, 1.165) is 44.7 Å². The Morgan fingerprint density at radius 1 is 1.28 bits per heavy atom. The van der Waals surface area contributed by atoms with Gasteiger partial charge < -0.3 is 14.6 Å². The zero-order chi connectivity index (χ0) is 17.6. The van der Waals surface area contributed by atoms with Gasteiger partial charge in [0.05, 0.1) is 0 Å². The van der Waals surface area contributed by atoms with Gasteiger partial charge in [-0.05, 0) is 19.8 Å². The predicted octanol–water partition coefficient (Wildman–Crippen LogP) is 0.232. The van der Waals surface area contributed by atoms with Crippen molar-refractivity contribution < 1.29 is 14.7 Å². The number of likely N-dealkylation sites (tertiary alicyclic amines) is 2. The van der Waals surface area contributed by atoms with E-state index in [4.69, 9.17) is 0 Å². The first-order chi connectivity index (χ1) is 12.0. The van der Waals surface area contributed by atoms with E-state index in [1.54, 1.807) is 6.33 Å². The van der Waals surface area contributed by atoms with Crippen LogP contribution in [0.5, 0.6) is 0 Å². The number of carboxylic acids is 1. The minimum atomic E-state index is -0.804. The summed E-state index contributed by atoms with van der Waals surface area (Å²) in [5, 5.41) is 17.8. The van der Waals surface area contributed by atoms with Crippen molar-refractivity contribution in [1.29, 1.82) is 0 Å². The summed E-state index contributed by atoms with van der Waals surface area (Å²) in [4.78, 5) is 28.6. The Morgan fingerprint density at radius 2 is 2.08 bits per heavy atom. The maximum absolute atomic E-state index is 12.5. The van der Waals surface area contributed by atoms with Crippen LogP contribution in [0.25, 0.3) is 0 Å². The zero-order valence-corrected chi connectivity index (χ0v) is 14.6. The van der Waals surface area contributed by atoms with Gasteiger partial charge in [-0.2, -0.15) is 0 Å². The average Bonchev–Trinajstić information content (AvgIpc) is 3.15. The van der Waals surface area contributed by atoms with Crippen LogP contribution in [0.1, 0.15) is 25.1 Å². The topological polar surface area (TPSA) is 91.6 Å². The summed E-state index contributed by atoms with van der Waals surface area (Å²) < 4.78 is 1.98. The first-order valence-corrected chi connectivity index (χ1v) is 9.08. The van der Waals surface area contributed by atoms with Gasteiger partial charge in [0.25, 0.3) is 0 Å². The van der Waals surface area contributed by atoms with Crippen LogP contribution in [0.15, 0.2) is 6.33 Å². The molecule has 0 aromatic carbocycles. The standard InChI is InChI=1S/C17H25N5O3/c1-12-19-18-11-21(12)6-5-20-7-14-8-22(15(23)13-3-2-4-13)10-17(14,9-20)16(24)25/h11,13-14H,2-10H2,1H3,(H,24,25)/t14-,17-/m0/s1. The first-order valence-electron chi connectivity index (χ1n) is 9.08. The number of nitrogens with zero attached hydrogens (tertiary/aromatic N) is 5. The maximum atomic E-state index is 12.5. The van der Waals surface area contributed by atoms with Crippen LogP contribution in [0.4, 0.5) is 0 Å². The molecule has 8 heteroatoms. The van der Waals surface area contributed by atoms with Crippen LogP contribution in [0.3, 0.4) is 0 Å². The second kappa shape index (κ2) is 6.09. The molecular weight excluding hydrogens is 322 g/mol. The van der Waals surface area contributed by atoms with Crippen LogP contribution < -0.4 is 0 Å². The van der Waals surface area contributed by atoms with Crippen molar-refractivity contribution in [3.05, 3.63) is 12.2 Å². The quantitative estimate of drug-likeness (QED) is 0.820. The molecule has 0 radical (unpaired) electrons. The van der Waals surface area contributed by atoms with E-state index in [0.29, 0.717) is 19.6 Å². The lowest BCUT2D eigenvalue weighted by Gasteiger charge is -2.31. The van der Waals surface area contributed by atoms with Gasteiger partial charge in [0.1, 0.15) is 17.6 Å². The largest absolute Gasteiger partial charge is 0.481 e. The van der Waals surface area contributed by atoms with Crippen LogP contribution in [0.2, 0.25) is 0 Å². The van der Waals surface area contributed by atoms with Crippen LogP contribution in [0, 0.1) is 24.2 Å². The monoisotopic (exact) mass is 347 g/mol. The van der Waals surface area contributed by atoms with Crippen molar-refractivity contribution in [3.8, 4) is 0 Å². The summed E-state index contributed by atoms with van der Waals surface area (Å²) in [6.45, 7) is 5.65. The molecular formula is C17H25N5O3. The molecule has 1 aromatic rings. The molecule has 1 aromatic heterocycles. The van der Waals surface area contributed by atoms with Gasteiger partial charge in [0.2, 0.25) is 5.91 Å². The van der Waals surface area contributed by atoms with E-state index >= 15 is 0 Å². The molecule has 1 N–H and O–H groups in total. The van der Waals surface area contributed by atoms with Gasteiger partial charge in [-0.15, -0.1) is 10.2 Å². The van der Waals surface area contributed by atoms with Gasteiger partial charge in [-0.3, -0.25) is 14.5 Å². The third-order valence-electron chi connectivity index (χ3n) is 6.34. The van der Waals surface area contributed by atoms with Crippen LogP contribution >= 0.6 is 0 Å². The molecule has 0 bridgehead atoms. The fourth-order valence-corrected chi connectivity index (χ4v) is 4.50. The van der Waals surface area contributed by atoms with Crippen molar-refractivity contribution in [1.82, 2.24) is 24.6 Å². The lowest BCUT2D eigenvalue weighted by molar-refractivity contribution is -0.149. The number of carboxylic acid groups (broad SMARTS) is 1. The predicted molar refractivity (Wildman–Crippen MR) is 88.7 cm³/mol. The summed E-state index contributed by atoms with van der Waals surface area (Å²) in [5.41, 5.74) is -0.804. The van der Waals surface area contributed by atoms with Gasteiger partial charge in [0.15, 0.2) is 0 Å². The third-order valence-corrected chi connectivity index (χ3v) is 6.34. The molecule has 2 atom stereocenters. The van der Waals surface area contributed by atoms with Crippen molar-refractivity contribution in [3.63, 3.8) is 0 Å². The highest BCUT2D eigenvalue weighted by Crippen LogP contribution is 2.44. The van der Waals surface area contributed by atoms with Gasteiger partial charge in [-0.25, -0.2) is 0 Å². The lowest BCUT2D eigenvalue weighted by atomic mass is 9.81. The molecule has 8 nitrogen and oxygen atoms in total. The first kappa shape index (κ1) is 16.5. The number of fused-ring (bicyclic) bond motifs is 1. The van der Waals surface area contributed by atoms with Crippen molar-refractivity contribution in [2.24, 2.45) is 17.3 Å². The fraction of sp³-hybridized carbons (Fsp3) is 0.765. The van der Waals surface area contributed by atoms with Gasteiger partial charge in [0, 0.05) is 51.1 Å². The van der Waals surface area contributed by atoms with Crippen molar-refractivity contribution >= 4 is 11.9 Å².